The molecule has 136 valence electrons. The number of nitrogens with zero attached hydrogens (tertiary/aromatic N) is 2. The van der Waals surface area contributed by atoms with Crippen LogP contribution in [0, 0.1) is 0 Å². The van der Waals surface area contributed by atoms with Gasteiger partial charge in [-0.15, -0.1) is 11.3 Å². The minimum atomic E-state index is -0.217. The molecule has 0 atom stereocenters. The van der Waals surface area contributed by atoms with Crippen molar-refractivity contribution in [2.45, 2.75) is 0 Å². The number of benzene rings is 2. The first-order chi connectivity index (χ1) is 13.7. The minimum absolute atomic E-state index is 0.217. The summed E-state index contributed by atoms with van der Waals surface area (Å²) < 4.78 is 6.41. The van der Waals surface area contributed by atoms with Crippen molar-refractivity contribution in [2.24, 2.45) is 4.99 Å². The van der Waals surface area contributed by atoms with Crippen molar-refractivity contribution in [3.8, 4) is 0 Å². The van der Waals surface area contributed by atoms with Crippen molar-refractivity contribution >= 4 is 56.5 Å². The van der Waals surface area contributed by atoms with Crippen LogP contribution in [0.4, 0.5) is 5.69 Å². The van der Waals surface area contributed by atoms with Gasteiger partial charge in [-0.25, -0.2) is 4.99 Å². The summed E-state index contributed by atoms with van der Waals surface area (Å²) in [6, 6.07) is 20.9. The lowest BCUT2D eigenvalue weighted by Crippen LogP contribution is -2.32. The second-order valence-electron chi connectivity index (χ2n) is 6.20. The van der Waals surface area contributed by atoms with Crippen molar-refractivity contribution in [1.82, 2.24) is 0 Å². The Hall–Kier alpha value is -3.15. The van der Waals surface area contributed by atoms with Gasteiger partial charge in [0.25, 0.3) is 5.91 Å². The summed E-state index contributed by atoms with van der Waals surface area (Å²) in [6.07, 6.45) is 3.21. The van der Waals surface area contributed by atoms with Crippen LogP contribution in [0.5, 0.6) is 0 Å². The monoisotopic (exact) mass is 404 g/mol. The summed E-state index contributed by atoms with van der Waals surface area (Å²) in [5.74, 6) is 0.884. The molecule has 3 heterocycles. The van der Waals surface area contributed by atoms with Crippen LogP contribution < -0.4 is 4.90 Å². The summed E-state index contributed by atoms with van der Waals surface area (Å²) in [7, 11) is 0. The fourth-order valence-electron chi connectivity index (χ4n) is 3.15. The van der Waals surface area contributed by atoms with Gasteiger partial charge in [-0.05, 0) is 30.3 Å². The van der Waals surface area contributed by atoms with Gasteiger partial charge in [-0.1, -0.05) is 48.0 Å². The van der Waals surface area contributed by atoms with Crippen molar-refractivity contribution in [3.05, 3.63) is 94.4 Å². The summed E-state index contributed by atoms with van der Waals surface area (Å²) in [6.45, 7) is 0. The number of rotatable bonds is 3. The number of anilines is 1. The molecule has 6 heteroatoms. The Morgan fingerprint density at radius 2 is 1.79 bits per heavy atom. The molecular formula is C22H13ClN2O2S. The standard InChI is InChI=1S/C22H13ClN2O2S/c23-19-16-10-4-5-11-18(16)28-20(19)21-24-17(13-15-9-6-12-27-15)22(26)25(21)14-7-2-1-3-8-14/h1-13H/b17-13+. The highest BCUT2D eigenvalue weighted by Crippen LogP contribution is 2.39. The van der Waals surface area contributed by atoms with E-state index in [9.17, 15) is 4.79 Å². The highest BCUT2D eigenvalue weighted by atomic mass is 35.5. The van der Waals surface area contributed by atoms with E-state index in [2.05, 4.69) is 4.99 Å². The van der Waals surface area contributed by atoms with Crippen LogP contribution in [-0.4, -0.2) is 11.7 Å². The number of para-hydroxylation sites is 1. The number of thiophene rings is 1. The second kappa shape index (κ2) is 6.78. The number of amidine groups is 1. The lowest BCUT2D eigenvalue weighted by molar-refractivity contribution is -0.113. The molecule has 0 radical (unpaired) electrons. The van der Waals surface area contributed by atoms with E-state index >= 15 is 0 Å². The van der Waals surface area contributed by atoms with Crippen LogP contribution in [0.3, 0.4) is 0 Å². The lowest BCUT2D eigenvalue weighted by Gasteiger charge is -2.17. The molecule has 2 aromatic carbocycles. The van der Waals surface area contributed by atoms with E-state index in [1.54, 1.807) is 29.4 Å². The number of carbonyl (C=O) groups is 1. The molecule has 0 unspecified atom stereocenters. The quantitative estimate of drug-likeness (QED) is 0.394. The highest BCUT2D eigenvalue weighted by Gasteiger charge is 2.35. The first-order valence-corrected chi connectivity index (χ1v) is 9.82. The Balaban J connectivity index is 1.71. The minimum Gasteiger partial charge on any atom is -0.465 e. The number of amides is 1. The van der Waals surface area contributed by atoms with Crippen LogP contribution in [0.1, 0.15) is 10.6 Å². The lowest BCUT2D eigenvalue weighted by atomic mass is 10.2. The zero-order valence-corrected chi connectivity index (χ0v) is 16.1. The molecule has 0 aliphatic carbocycles. The Labute approximate surface area is 170 Å². The number of carbonyl (C=O) groups excluding carboxylic acids is 1. The van der Waals surface area contributed by atoms with Crippen molar-refractivity contribution in [2.75, 3.05) is 4.90 Å². The number of fused-ring (bicyclic) bond motifs is 1. The van der Waals surface area contributed by atoms with E-state index < -0.39 is 0 Å². The summed E-state index contributed by atoms with van der Waals surface area (Å²) >= 11 is 8.21. The van der Waals surface area contributed by atoms with Gasteiger partial charge >= 0.3 is 0 Å². The van der Waals surface area contributed by atoms with Crippen LogP contribution in [0.2, 0.25) is 5.02 Å². The SMILES string of the molecule is O=C1/C(=C\c2ccco2)N=C(c2sc3ccccc3c2Cl)N1c1ccccc1. The van der Waals surface area contributed by atoms with E-state index in [0.29, 0.717) is 22.3 Å². The smallest absolute Gasteiger partial charge is 0.282 e. The Morgan fingerprint density at radius 3 is 2.54 bits per heavy atom. The largest absolute Gasteiger partial charge is 0.465 e. The average Bonchev–Trinajstić information content (AvgIpc) is 3.43. The number of hydrogen-bond donors (Lipinski definition) is 0. The molecule has 1 aliphatic rings. The number of furan rings is 1. The maximum absolute atomic E-state index is 13.2. The fourth-order valence-corrected chi connectivity index (χ4v) is 4.65. The Bertz CT molecular complexity index is 1240. The normalized spacial score (nSPS) is 15.6. The predicted molar refractivity (Wildman–Crippen MR) is 114 cm³/mol. The van der Waals surface area contributed by atoms with E-state index in [1.807, 2.05) is 54.6 Å². The third-order valence-electron chi connectivity index (χ3n) is 4.43. The van der Waals surface area contributed by atoms with E-state index in [1.165, 1.54) is 11.3 Å². The fraction of sp³-hybridized carbons (Fsp3) is 0. The summed E-state index contributed by atoms with van der Waals surface area (Å²) in [4.78, 5) is 20.2. The summed E-state index contributed by atoms with van der Waals surface area (Å²) in [5.41, 5.74) is 1.05. The van der Waals surface area contributed by atoms with Crippen molar-refractivity contribution in [3.63, 3.8) is 0 Å². The van der Waals surface area contributed by atoms with E-state index in [4.69, 9.17) is 16.0 Å². The highest BCUT2D eigenvalue weighted by molar-refractivity contribution is 7.21. The van der Waals surface area contributed by atoms with Gasteiger partial charge in [0.05, 0.1) is 21.9 Å². The first kappa shape index (κ1) is 17.0. The molecular weight excluding hydrogens is 392 g/mol. The van der Waals surface area contributed by atoms with Gasteiger partial charge in [0.1, 0.15) is 11.5 Å². The topological polar surface area (TPSA) is 45.8 Å². The molecule has 1 amide bonds. The Morgan fingerprint density at radius 1 is 1.00 bits per heavy atom. The zero-order chi connectivity index (χ0) is 19.1. The molecule has 0 N–H and O–H groups in total. The molecule has 4 nitrogen and oxygen atoms in total. The molecule has 4 aromatic rings. The van der Waals surface area contributed by atoms with Gasteiger partial charge in [-0.3, -0.25) is 9.69 Å². The van der Waals surface area contributed by atoms with E-state index in [-0.39, 0.29) is 5.91 Å². The van der Waals surface area contributed by atoms with Crippen LogP contribution in [0.15, 0.2) is 88.1 Å². The molecule has 2 aromatic heterocycles. The van der Waals surface area contributed by atoms with Gasteiger partial charge in [-0.2, -0.15) is 0 Å². The average molecular weight is 405 g/mol. The number of aliphatic imine (C=N–C) groups is 1. The maximum Gasteiger partial charge on any atom is 0.282 e. The molecule has 0 fully saturated rings. The second-order valence-corrected chi connectivity index (χ2v) is 7.63. The Kier molecular flexibility index (Phi) is 4.11. The summed E-state index contributed by atoms with van der Waals surface area (Å²) in [5, 5.41) is 1.56. The molecule has 0 saturated carbocycles. The number of halogens is 1. The van der Waals surface area contributed by atoms with Gasteiger partial charge in [0.15, 0.2) is 5.84 Å². The van der Waals surface area contributed by atoms with Gasteiger partial charge in [0.2, 0.25) is 0 Å². The maximum atomic E-state index is 13.2. The molecule has 0 spiro atoms. The zero-order valence-electron chi connectivity index (χ0n) is 14.5. The third-order valence-corrected chi connectivity index (χ3v) is 6.11. The van der Waals surface area contributed by atoms with Gasteiger partial charge < -0.3 is 4.42 Å². The predicted octanol–water partition coefficient (Wildman–Crippen LogP) is 5.98. The third kappa shape index (κ3) is 2.76. The van der Waals surface area contributed by atoms with Crippen LogP contribution in [0.25, 0.3) is 16.2 Å². The van der Waals surface area contributed by atoms with E-state index in [0.717, 1.165) is 20.7 Å². The molecule has 5 rings (SSSR count). The van der Waals surface area contributed by atoms with Gasteiger partial charge in [0, 0.05) is 16.2 Å². The molecule has 0 bridgehead atoms. The van der Waals surface area contributed by atoms with Crippen molar-refractivity contribution < 1.29 is 9.21 Å². The van der Waals surface area contributed by atoms with Crippen LogP contribution in [-0.2, 0) is 4.79 Å². The van der Waals surface area contributed by atoms with Crippen molar-refractivity contribution in [1.29, 1.82) is 0 Å². The first-order valence-electron chi connectivity index (χ1n) is 8.63. The number of hydrogen-bond acceptors (Lipinski definition) is 4. The molecule has 28 heavy (non-hydrogen) atoms. The molecule has 1 aliphatic heterocycles. The van der Waals surface area contributed by atoms with Crippen LogP contribution >= 0.6 is 22.9 Å². The molecule has 0 saturated heterocycles.